The van der Waals surface area contributed by atoms with E-state index in [2.05, 4.69) is 4.98 Å². The number of halogens is 2. The van der Waals surface area contributed by atoms with E-state index < -0.39 is 11.6 Å². The first-order valence-electron chi connectivity index (χ1n) is 5.19. The van der Waals surface area contributed by atoms with Crippen LogP contribution in [0.1, 0.15) is 16.6 Å². The van der Waals surface area contributed by atoms with Gasteiger partial charge in [-0.3, -0.25) is 4.79 Å². The number of carbonyl (C=O) groups is 1. The van der Waals surface area contributed by atoms with E-state index in [0.717, 1.165) is 23.5 Å². The zero-order valence-electron chi connectivity index (χ0n) is 9.44. The monoisotopic (exact) mass is 269 g/mol. The number of aromatic nitrogens is 1. The number of ether oxygens (including phenoxy) is 1. The molecule has 0 radical (unpaired) electrons. The summed E-state index contributed by atoms with van der Waals surface area (Å²) in [7, 11) is 0. The van der Waals surface area contributed by atoms with Gasteiger partial charge in [0.1, 0.15) is 10.8 Å². The summed E-state index contributed by atoms with van der Waals surface area (Å²) in [4.78, 5) is 14.9. The summed E-state index contributed by atoms with van der Waals surface area (Å²) >= 11 is 1.05. The molecule has 0 saturated heterocycles. The second-order valence-corrected chi connectivity index (χ2v) is 4.45. The Kier molecular flexibility index (Phi) is 3.66. The van der Waals surface area contributed by atoms with Gasteiger partial charge in [0.15, 0.2) is 17.9 Å². The number of carbonyl (C=O) groups excluding carboxylic acids is 1. The van der Waals surface area contributed by atoms with Crippen molar-refractivity contribution in [3.8, 4) is 16.3 Å². The summed E-state index contributed by atoms with van der Waals surface area (Å²) in [5.41, 5.74) is 0.215. The molecule has 0 N–H and O–H groups in total. The normalized spacial score (nSPS) is 10.4. The van der Waals surface area contributed by atoms with Crippen LogP contribution in [0.25, 0.3) is 10.6 Å². The molecular weight excluding hydrogens is 260 g/mol. The third-order valence-corrected chi connectivity index (χ3v) is 3.12. The average molecular weight is 269 g/mol. The quantitative estimate of drug-likeness (QED) is 0.799. The Morgan fingerprint density at radius 1 is 1.44 bits per heavy atom. The van der Waals surface area contributed by atoms with Crippen molar-refractivity contribution in [2.75, 3.05) is 6.61 Å². The van der Waals surface area contributed by atoms with Gasteiger partial charge in [0.25, 0.3) is 0 Å². The molecule has 18 heavy (non-hydrogen) atoms. The smallest absolute Gasteiger partial charge is 0.168 e. The van der Waals surface area contributed by atoms with Crippen molar-refractivity contribution in [3.05, 3.63) is 34.8 Å². The second-order valence-electron chi connectivity index (χ2n) is 3.38. The summed E-state index contributed by atoms with van der Waals surface area (Å²) in [6.07, 6.45) is 1.99. The number of aldehydes is 1. The average Bonchev–Trinajstić information content (AvgIpc) is 2.81. The van der Waals surface area contributed by atoms with E-state index in [9.17, 15) is 13.6 Å². The summed E-state index contributed by atoms with van der Waals surface area (Å²) in [5, 5.41) is 0.346. The lowest BCUT2D eigenvalue weighted by Gasteiger charge is -2.09. The van der Waals surface area contributed by atoms with E-state index in [0.29, 0.717) is 16.2 Å². The second kappa shape index (κ2) is 5.22. The number of rotatable bonds is 4. The molecule has 1 heterocycles. The number of thiazole rings is 1. The Morgan fingerprint density at radius 2 is 2.22 bits per heavy atom. The molecule has 0 aliphatic rings. The summed E-state index contributed by atoms with van der Waals surface area (Å²) in [5.74, 6) is -1.55. The number of hydrogen-bond acceptors (Lipinski definition) is 4. The highest BCUT2D eigenvalue weighted by Gasteiger charge is 2.16. The van der Waals surface area contributed by atoms with Gasteiger partial charge >= 0.3 is 0 Å². The molecule has 0 atom stereocenters. The zero-order valence-corrected chi connectivity index (χ0v) is 10.3. The minimum Gasteiger partial charge on any atom is -0.490 e. The van der Waals surface area contributed by atoms with Crippen LogP contribution in [0.4, 0.5) is 8.78 Å². The van der Waals surface area contributed by atoms with Gasteiger partial charge in [-0.05, 0) is 13.0 Å². The minimum absolute atomic E-state index is 0.0503. The third kappa shape index (κ3) is 2.38. The molecule has 0 unspecified atom stereocenters. The molecule has 3 nitrogen and oxygen atoms in total. The Bertz CT molecular complexity index is 583. The predicted octanol–water partition coefficient (Wildman–Crippen LogP) is 3.30. The molecule has 0 spiro atoms. The lowest BCUT2D eigenvalue weighted by atomic mass is 10.2. The lowest BCUT2D eigenvalue weighted by Crippen LogP contribution is -1.98. The predicted molar refractivity (Wildman–Crippen MR) is 64.0 cm³/mol. The van der Waals surface area contributed by atoms with Crippen molar-refractivity contribution in [1.29, 1.82) is 0 Å². The van der Waals surface area contributed by atoms with Crippen LogP contribution in [-0.2, 0) is 0 Å². The Morgan fingerprint density at radius 3 is 2.83 bits per heavy atom. The van der Waals surface area contributed by atoms with Crippen LogP contribution in [0.5, 0.6) is 5.75 Å². The van der Waals surface area contributed by atoms with Crippen LogP contribution in [0.3, 0.4) is 0 Å². The molecule has 0 aliphatic carbocycles. The Balaban J connectivity index is 2.57. The highest BCUT2D eigenvalue weighted by atomic mass is 32.1. The van der Waals surface area contributed by atoms with Crippen LogP contribution in [0, 0.1) is 11.6 Å². The van der Waals surface area contributed by atoms with Crippen LogP contribution in [0.15, 0.2) is 18.3 Å². The van der Waals surface area contributed by atoms with Crippen molar-refractivity contribution >= 4 is 17.6 Å². The van der Waals surface area contributed by atoms with Crippen LogP contribution < -0.4 is 4.74 Å². The molecular formula is C12H9F2NO2S. The molecule has 1 aromatic heterocycles. The maximum atomic E-state index is 13.6. The molecule has 94 valence electrons. The van der Waals surface area contributed by atoms with Gasteiger partial charge in [-0.15, -0.1) is 11.3 Å². The third-order valence-electron chi connectivity index (χ3n) is 2.17. The van der Waals surface area contributed by atoms with Crippen LogP contribution >= 0.6 is 11.3 Å². The maximum Gasteiger partial charge on any atom is 0.168 e. The van der Waals surface area contributed by atoms with Crippen molar-refractivity contribution in [3.63, 3.8) is 0 Å². The molecule has 2 aromatic rings. The van der Waals surface area contributed by atoms with Crippen molar-refractivity contribution in [2.45, 2.75) is 6.92 Å². The first kappa shape index (κ1) is 12.6. The van der Waals surface area contributed by atoms with Gasteiger partial charge in [0.2, 0.25) is 0 Å². The topological polar surface area (TPSA) is 39.2 Å². The minimum atomic E-state index is -0.783. The van der Waals surface area contributed by atoms with Gasteiger partial charge in [0.05, 0.1) is 17.0 Å². The molecule has 0 fully saturated rings. The Labute approximate surface area is 106 Å². The van der Waals surface area contributed by atoms with Crippen molar-refractivity contribution < 1.29 is 18.3 Å². The van der Waals surface area contributed by atoms with Crippen LogP contribution in [-0.4, -0.2) is 17.9 Å². The standard InChI is InChI=1S/C12H9F2NO2S/c1-2-17-11-9(3-7(13)4-10(11)14)12-15-5-8(6-16)18-12/h3-6H,2H2,1H3. The zero-order chi connectivity index (χ0) is 13.1. The number of hydrogen-bond donors (Lipinski definition) is 0. The first-order chi connectivity index (χ1) is 8.65. The highest BCUT2D eigenvalue weighted by Crippen LogP contribution is 2.35. The molecule has 6 heteroatoms. The van der Waals surface area contributed by atoms with Gasteiger partial charge in [0, 0.05) is 12.3 Å². The number of benzene rings is 1. The summed E-state index contributed by atoms with van der Waals surface area (Å²) < 4.78 is 32.0. The molecule has 1 aromatic carbocycles. The highest BCUT2D eigenvalue weighted by molar-refractivity contribution is 7.16. The first-order valence-corrected chi connectivity index (χ1v) is 6.00. The van der Waals surface area contributed by atoms with Crippen LogP contribution in [0.2, 0.25) is 0 Å². The van der Waals surface area contributed by atoms with E-state index >= 15 is 0 Å². The van der Waals surface area contributed by atoms with E-state index in [-0.39, 0.29) is 17.9 Å². The summed E-state index contributed by atoms with van der Waals surface area (Å²) in [6.45, 7) is 1.95. The fourth-order valence-corrected chi connectivity index (χ4v) is 2.22. The Hall–Kier alpha value is -1.82. The molecule has 0 amide bonds. The molecule has 0 aliphatic heterocycles. The van der Waals surface area contributed by atoms with E-state index in [1.807, 2.05) is 0 Å². The molecule has 0 saturated carbocycles. The van der Waals surface area contributed by atoms with Gasteiger partial charge in [-0.25, -0.2) is 13.8 Å². The van der Waals surface area contributed by atoms with Crippen molar-refractivity contribution in [1.82, 2.24) is 4.98 Å². The fraction of sp³-hybridized carbons (Fsp3) is 0.167. The van der Waals surface area contributed by atoms with Gasteiger partial charge in [-0.2, -0.15) is 0 Å². The van der Waals surface area contributed by atoms with Gasteiger partial charge in [-0.1, -0.05) is 0 Å². The van der Waals surface area contributed by atoms with E-state index in [1.165, 1.54) is 6.20 Å². The fourth-order valence-electron chi connectivity index (χ4n) is 1.48. The number of nitrogens with zero attached hydrogens (tertiary/aromatic N) is 1. The lowest BCUT2D eigenvalue weighted by molar-refractivity contribution is 0.112. The van der Waals surface area contributed by atoms with Gasteiger partial charge < -0.3 is 4.74 Å². The van der Waals surface area contributed by atoms with E-state index in [1.54, 1.807) is 6.92 Å². The maximum absolute atomic E-state index is 13.6. The van der Waals surface area contributed by atoms with E-state index in [4.69, 9.17) is 4.74 Å². The molecule has 2 rings (SSSR count). The largest absolute Gasteiger partial charge is 0.490 e. The SMILES string of the molecule is CCOc1c(F)cc(F)cc1-c1ncc(C=O)s1. The molecule has 0 bridgehead atoms. The summed E-state index contributed by atoms with van der Waals surface area (Å²) in [6, 6.07) is 1.89. The van der Waals surface area contributed by atoms with Crippen molar-refractivity contribution in [2.24, 2.45) is 0 Å².